The maximum Gasteiger partial charge on any atom is 0.450 e. The first-order valence-electron chi connectivity index (χ1n) is 5.09. The van der Waals surface area contributed by atoms with Crippen molar-refractivity contribution < 1.29 is 9.90 Å². The van der Waals surface area contributed by atoms with E-state index in [2.05, 4.69) is 33.0 Å². The first-order chi connectivity index (χ1) is 7.99. The standard InChI is InChI=1S/C9H15N4O2S2/c1-13(2)4-3-7-11-12-8(17-7)6(16)5-10-9(14)15/h6,10,16H,3-5H2,1-2H3. The zero-order chi connectivity index (χ0) is 12.8. The number of aromatic nitrogens is 2. The van der Waals surface area contributed by atoms with Gasteiger partial charge in [-0.25, -0.2) is 9.90 Å². The van der Waals surface area contributed by atoms with E-state index in [1.54, 1.807) is 0 Å². The van der Waals surface area contributed by atoms with E-state index >= 15 is 0 Å². The van der Waals surface area contributed by atoms with Gasteiger partial charge in [-0.1, -0.05) is 0 Å². The summed E-state index contributed by atoms with van der Waals surface area (Å²) in [5, 5.41) is 21.8. The number of nitrogens with one attached hydrogen (secondary N) is 1. The lowest BCUT2D eigenvalue weighted by Gasteiger charge is -2.06. The molecule has 8 heteroatoms. The summed E-state index contributed by atoms with van der Waals surface area (Å²) >= 11 is 5.72. The highest BCUT2D eigenvalue weighted by Crippen LogP contribution is 2.22. The summed E-state index contributed by atoms with van der Waals surface area (Å²) in [6.45, 7) is 1.08. The number of carbonyl (C=O) groups is 1. The molecule has 0 spiro atoms. The molecule has 0 bridgehead atoms. The van der Waals surface area contributed by atoms with E-state index < -0.39 is 6.09 Å². The summed E-state index contributed by atoms with van der Waals surface area (Å²) in [7, 11) is 3.99. The van der Waals surface area contributed by atoms with Crippen LogP contribution in [-0.2, 0) is 11.5 Å². The predicted molar refractivity (Wildman–Crippen MR) is 68.0 cm³/mol. The largest absolute Gasteiger partial charge is 0.450 e. The fourth-order valence-electron chi connectivity index (χ4n) is 1.09. The van der Waals surface area contributed by atoms with Gasteiger partial charge in [-0.05, 0) is 14.1 Å². The van der Waals surface area contributed by atoms with Crippen LogP contribution in [0.5, 0.6) is 0 Å². The van der Waals surface area contributed by atoms with E-state index in [9.17, 15) is 9.90 Å². The molecule has 0 aliphatic rings. The van der Waals surface area contributed by atoms with Crippen molar-refractivity contribution in [3.8, 4) is 0 Å². The van der Waals surface area contributed by atoms with Crippen LogP contribution in [-0.4, -0.2) is 48.4 Å². The van der Waals surface area contributed by atoms with Crippen molar-refractivity contribution in [1.82, 2.24) is 20.4 Å². The van der Waals surface area contributed by atoms with Crippen LogP contribution in [0.25, 0.3) is 0 Å². The molecule has 6 nitrogen and oxygen atoms in total. The summed E-state index contributed by atoms with van der Waals surface area (Å²) in [6.07, 6.45) is -0.472. The monoisotopic (exact) mass is 275 g/mol. The average molecular weight is 275 g/mol. The molecule has 0 aliphatic heterocycles. The molecular weight excluding hydrogens is 260 g/mol. The summed E-state index contributed by atoms with van der Waals surface area (Å²) in [5.74, 6) is 0. The van der Waals surface area contributed by atoms with Gasteiger partial charge < -0.3 is 10.2 Å². The van der Waals surface area contributed by atoms with Gasteiger partial charge in [0.1, 0.15) is 10.0 Å². The Labute approximate surface area is 109 Å². The maximum atomic E-state index is 10.2. The Morgan fingerprint density at radius 1 is 1.53 bits per heavy atom. The minimum atomic E-state index is -1.30. The number of thiol groups is 1. The SMILES string of the molecule is CN(C)CCc1nnc(C(S)CNC([O])=O)s1. The Hall–Kier alpha value is -0.860. The molecule has 1 radical (unpaired) electrons. The fourth-order valence-corrected chi connectivity index (χ4v) is 2.21. The van der Waals surface area contributed by atoms with Gasteiger partial charge in [0.2, 0.25) is 0 Å². The Balaban J connectivity index is 2.46. The highest BCUT2D eigenvalue weighted by Gasteiger charge is 2.14. The molecule has 1 aromatic heterocycles. The molecule has 1 unspecified atom stereocenters. The van der Waals surface area contributed by atoms with Crippen LogP contribution in [0.3, 0.4) is 0 Å². The summed E-state index contributed by atoms with van der Waals surface area (Å²) in [4.78, 5) is 12.3. The number of hydrogen-bond donors (Lipinski definition) is 2. The van der Waals surface area contributed by atoms with Gasteiger partial charge in [0, 0.05) is 19.5 Å². The molecule has 0 saturated carbocycles. The van der Waals surface area contributed by atoms with Gasteiger partial charge in [0.25, 0.3) is 0 Å². The molecule has 1 heterocycles. The first kappa shape index (κ1) is 14.2. The zero-order valence-electron chi connectivity index (χ0n) is 9.71. The number of amides is 1. The lowest BCUT2D eigenvalue weighted by molar-refractivity contribution is 0.169. The Morgan fingerprint density at radius 2 is 2.24 bits per heavy atom. The van der Waals surface area contributed by atoms with Crippen LogP contribution < -0.4 is 5.32 Å². The van der Waals surface area contributed by atoms with Crippen molar-refractivity contribution in [2.45, 2.75) is 11.7 Å². The minimum Gasteiger partial charge on any atom is -0.317 e. The summed E-state index contributed by atoms with van der Waals surface area (Å²) in [6, 6.07) is 0. The second-order valence-corrected chi connectivity index (χ2v) is 5.49. The number of likely N-dealkylation sites (N-methyl/N-ethyl adjacent to an activating group) is 1. The fraction of sp³-hybridized carbons (Fsp3) is 0.667. The lowest BCUT2D eigenvalue weighted by Crippen LogP contribution is -2.23. The topological polar surface area (TPSA) is 78.0 Å². The zero-order valence-corrected chi connectivity index (χ0v) is 11.4. The van der Waals surface area contributed by atoms with Crippen molar-refractivity contribution in [3.63, 3.8) is 0 Å². The smallest absolute Gasteiger partial charge is 0.317 e. The molecule has 17 heavy (non-hydrogen) atoms. The molecule has 1 N–H and O–H groups in total. The molecule has 0 fully saturated rings. The average Bonchev–Trinajstić information content (AvgIpc) is 2.71. The van der Waals surface area contributed by atoms with Crippen LogP contribution in [0.15, 0.2) is 0 Å². The third-order valence-electron chi connectivity index (χ3n) is 1.98. The minimum absolute atomic E-state index is 0.174. The molecule has 0 aromatic carbocycles. The van der Waals surface area contributed by atoms with Crippen LogP contribution in [0.1, 0.15) is 15.3 Å². The van der Waals surface area contributed by atoms with E-state index in [1.807, 2.05) is 14.1 Å². The molecule has 1 rings (SSSR count). The Morgan fingerprint density at radius 3 is 2.82 bits per heavy atom. The van der Waals surface area contributed by atoms with Gasteiger partial charge in [-0.15, -0.1) is 21.5 Å². The number of rotatable bonds is 6. The van der Waals surface area contributed by atoms with Gasteiger partial charge in [0.05, 0.1) is 5.25 Å². The van der Waals surface area contributed by atoms with Crippen LogP contribution in [0.4, 0.5) is 4.79 Å². The number of hydrogen-bond acceptors (Lipinski definition) is 6. The van der Waals surface area contributed by atoms with Gasteiger partial charge in [0.15, 0.2) is 0 Å². The molecular formula is C9H15N4O2S2. The van der Waals surface area contributed by atoms with E-state index in [1.165, 1.54) is 11.3 Å². The predicted octanol–water partition coefficient (Wildman–Crippen LogP) is 0.753. The van der Waals surface area contributed by atoms with Crippen molar-refractivity contribution >= 4 is 30.1 Å². The van der Waals surface area contributed by atoms with E-state index in [-0.39, 0.29) is 11.8 Å². The third kappa shape index (κ3) is 5.33. The molecule has 1 amide bonds. The van der Waals surface area contributed by atoms with Crippen LogP contribution in [0, 0.1) is 0 Å². The third-order valence-corrected chi connectivity index (χ3v) is 3.68. The van der Waals surface area contributed by atoms with E-state index in [4.69, 9.17) is 0 Å². The number of carbonyl (C=O) groups excluding carboxylic acids is 1. The highest BCUT2D eigenvalue weighted by atomic mass is 32.1. The molecule has 1 aromatic rings. The highest BCUT2D eigenvalue weighted by molar-refractivity contribution is 7.80. The summed E-state index contributed by atoms with van der Waals surface area (Å²) in [5.41, 5.74) is 0. The van der Waals surface area contributed by atoms with E-state index in [0.29, 0.717) is 0 Å². The number of nitrogens with zero attached hydrogens (tertiary/aromatic N) is 3. The molecule has 0 saturated heterocycles. The second kappa shape index (κ2) is 6.77. The molecule has 1 atom stereocenters. The first-order valence-corrected chi connectivity index (χ1v) is 6.42. The second-order valence-electron chi connectivity index (χ2n) is 3.77. The Kier molecular flexibility index (Phi) is 5.66. The van der Waals surface area contributed by atoms with Crippen LogP contribution in [0.2, 0.25) is 0 Å². The lowest BCUT2D eigenvalue weighted by atomic mass is 10.4. The van der Waals surface area contributed by atoms with Crippen LogP contribution >= 0.6 is 24.0 Å². The van der Waals surface area contributed by atoms with Crippen molar-refractivity contribution in [3.05, 3.63) is 10.0 Å². The van der Waals surface area contributed by atoms with E-state index in [0.717, 1.165) is 23.0 Å². The van der Waals surface area contributed by atoms with Crippen molar-refractivity contribution in [2.75, 3.05) is 27.2 Å². The van der Waals surface area contributed by atoms with Crippen molar-refractivity contribution in [1.29, 1.82) is 0 Å². The Bertz CT molecular complexity index is 370. The molecule has 95 valence electrons. The maximum absolute atomic E-state index is 10.2. The van der Waals surface area contributed by atoms with Gasteiger partial charge in [-0.2, -0.15) is 12.6 Å². The van der Waals surface area contributed by atoms with Gasteiger partial charge >= 0.3 is 6.09 Å². The molecule has 0 aliphatic carbocycles. The normalized spacial score (nSPS) is 12.7. The summed E-state index contributed by atoms with van der Waals surface area (Å²) < 4.78 is 0. The quantitative estimate of drug-likeness (QED) is 0.751. The van der Waals surface area contributed by atoms with Gasteiger partial charge in [-0.3, -0.25) is 0 Å². The van der Waals surface area contributed by atoms with Crippen molar-refractivity contribution in [2.24, 2.45) is 0 Å².